The van der Waals surface area contributed by atoms with Gasteiger partial charge in [0.05, 0.1) is 35.4 Å². The highest BCUT2D eigenvalue weighted by atomic mass is 35.5. The van der Waals surface area contributed by atoms with E-state index in [1.54, 1.807) is 25.1 Å². The number of halogens is 7. The van der Waals surface area contributed by atoms with Gasteiger partial charge in [0.15, 0.2) is 5.82 Å². The van der Waals surface area contributed by atoms with E-state index in [1.807, 2.05) is 0 Å². The molecule has 2 atom stereocenters. The monoisotopic (exact) mass is 606 g/mol. The normalized spacial score (nSPS) is 18.9. The second kappa shape index (κ2) is 10.1. The molecule has 3 aromatic rings. The molecule has 1 heterocycles. The third-order valence-electron chi connectivity index (χ3n) is 5.90. The van der Waals surface area contributed by atoms with Crippen molar-refractivity contribution in [2.24, 2.45) is 9.52 Å². The molecule has 0 spiro atoms. The first-order valence-electron chi connectivity index (χ1n) is 10.7. The Bertz CT molecular complexity index is 1560. The summed E-state index contributed by atoms with van der Waals surface area (Å²) in [7, 11) is -3.19. The van der Waals surface area contributed by atoms with Gasteiger partial charge in [0.25, 0.3) is 11.5 Å². The van der Waals surface area contributed by atoms with E-state index in [1.165, 1.54) is 30.5 Å². The van der Waals surface area contributed by atoms with Crippen LogP contribution in [-0.4, -0.2) is 28.3 Å². The van der Waals surface area contributed by atoms with Gasteiger partial charge in [-0.15, -0.1) is 0 Å². The van der Waals surface area contributed by atoms with E-state index in [9.17, 15) is 26.6 Å². The van der Waals surface area contributed by atoms with E-state index in [2.05, 4.69) is 9.52 Å². The number of hydrogen-bond acceptors (Lipinski definition) is 4. The van der Waals surface area contributed by atoms with Gasteiger partial charge in [-0.05, 0) is 48.4 Å². The molecule has 0 aromatic heterocycles. The molecular formula is C25H17Cl3F4N2O3S. The molecular weight excluding hydrogens is 591 g/mol. The van der Waals surface area contributed by atoms with Gasteiger partial charge in [-0.2, -0.15) is 17.5 Å². The van der Waals surface area contributed by atoms with Crippen molar-refractivity contribution in [1.82, 2.24) is 0 Å². The quantitative estimate of drug-likeness (QED) is 0.223. The lowest BCUT2D eigenvalue weighted by Crippen LogP contribution is -2.42. The Kier molecular flexibility index (Phi) is 7.57. The average molecular weight is 608 g/mol. The van der Waals surface area contributed by atoms with Crippen LogP contribution in [0.2, 0.25) is 15.1 Å². The van der Waals surface area contributed by atoms with Crippen LogP contribution in [-0.2, 0) is 20.2 Å². The maximum atomic E-state index is 14.2. The van der Waals surface area contributed by atoms with Crippen LogP contribution in [0.3, 0.4) is 0 Å². The first kappa shape index (κ1) is 28.4. The van der Waals surface area contributed by atoms with Crippen LogP contribution < -0.4 is 0 Å². The van der Waals surface area contributed by atoms with Gasteiger partial charge in [0.2, 0.25) is 0 Å². The fraction of sp³-hybridized carbons (Fsp3) is 0.200. The number of alkyl halides is 3. The maximum Gasteiger partial charge on any atom is 0.435 e. The van der Waals surface area contributed by atoms with Crippen LogP contribution in [0.4, 0.5) is 17.6 Å². The van der Waals surface area contributed by atoms with Crippen LogP contribution in [0.1, 0.15) is 33.5 Å². The highest BCUT2D eigenvalue weighted by Crippen LogP contribution is 2.50. The standard InChI is InChI=1S/C25H17Cl3F4N2O3S/c1-13-4-3-5-17(26)22(13)38(2,36)34-23(35)15-8-6-14(7-9-15)20-12-24(37-33-20,25(30,31)32)16-10-18(27)21(29)19(28)11-16/h3-11H,12H2,1-2H3. The third-order valence-corrected chi connectivity index (χ3v) is 8.69. The summed E-state index contributed by atoms with van der Waals surface area (Å²) >= 11 is 17.6. The molecule has 1 aliphatic rings. The first-order chi connectivity index (χ1) is 17.7. The van der Waals surface area contributed by atoms with E-state index in [0.717, 1.165) is 12.1 Å². The Morgan fingerprint density at radius 3 is 2.21 bits per heavy atom. The number of benzene rings is 3. The fourth-order valence-corrected chi connectivity index (χ4v) is 6.75. The Hall–Kier alpha value is -2.66. The number of nitrogens with zero attached hydrogens (tertiary/aromatic N) is 2. The summed E-state index contributed by atoms with van der Waals surface area (Å²) in [6, 6.07) is 11.9. The van der Waals surface area contributed by atoms with Gasteiger partial charge in [0, 0.05) is 23.8 Å². The van der Waals surface area contributed by atoms with Crippen molar-refractivity contribution < 1.29 is 31.4 Å². The molecule has 0 radical (unpaired) electrons. The van der Waals surface area contributed by atoms with Crippen LogP contribution in [0.15, 0.2) is 69.0 Å². The fourth-order valence-electron chi connectivity index (χ4n) is 4.01. The van der Waals surface area contributed by atoms with Crippen LogP contribution in [0.5, 0.6) is 0 Å². The van der Waals surface area contributed by atoms with E-state index in [4.69, 9.17) is 39.6 Å². The molecule has 1 aliphatic heterocycles. The van der Waals surface area contributed by atoms with Crippen molar-refractivity contribution in [2.75, 3.05) is 6.26 Å². The maximum absolute atomic E-state index is 14.2. The van der Waals surface area contributed by atoms with Crippen molar-refractivity contribution in [3.63, 3.8) is 0 Å². The average Bonchev–Trinajstić information content (AvgIpc) is 3.29. The highest BCUT2D eigenvalue weighted by molar-refractivity contribution is 7.93. The summed E-state index contributed by atoms with van der Waals surface area (Å²) in [4.78, 5) is 17.9. The van der Waals surface area contributed by atoms with E-state index in [-0.39, 0.29) is 26.8 Å². The molecule has 13 heteroatoms. The molecule has 5 nitrogen and oxygen atoms in total. The Labute approximate surface area is 230 Å². The number of aryl methyl sites for hydroxylation is 1. The molecule has 1 amide bonds. The molecule has 0 saturated carbocycles. The number of carbonyl (C=O) groups is 1. The van der Waals surface area contributed by atoms with Crippen LogP contribution in [0.25, 0.3) is 0 Å². The molecule has 200 valence electrons. The van der Waals surface area contributed by atoms with E-state index >= 15 is 0 Å². The van der Waals surface area contributed by atoms with Gasteiger partial charge in [0.1, 0.15) is 0 Å². The van der Waals surface area contributed by atoms with E-state index in [0.29, 0.717) is 5.56 Å². The molecule has 0 N–H and O–H groups in total. The van der Waals surface area contributed by atoms with Crippen molar-refractivity contribution in [3.8, 4) is 0 Å². The second-order valence-corrected chi connectivity index (χ2v) is 12.0. The minimum atomic E-state index is -4.96. The predicted octanol–water partition coefficient (Wildman–Crippen LogP) is 7.97. The molecule has 3 aromatic carbocycles. The van der Waals surface area contributed by atoms with Gasteiger partial charge in [-0.1, -0.05) is 64.2 Å². The van der Waals surface area contributed by atoms with Gasteiger partial charge in [-0.25, -0.2) is 8.60 Å². The summed E-state index contributed by atoms with van der Waals surface area (Å²) < 4.78 is 73.5. The highest BCUT2D eigenvalue weighted by Gasteiger charge is 2.62. The molecule has 0 fully saturated rings. The smallest absolute Gasteiger partial charge is 0.374 e. The topological polar surface area (TPSA) is 68.1 Å². The lowest BCUT2D eigenvalue weighted by molar-refractivity contribution is -0.275. The SMILES string of the molecule is Cc1cccc(Cl)c1S(C)(=O)=NC(=O)c1ccc(C2=NOC(c3cc(Cl)c(F)c(Cl)c3)(C(F)(F)F)C2)cc1. The van der Waals surface area contributed by atoms with Gasteiger partial charge < -0.3 is 4.84 Å². The molecule has 0 saturated heterocycles. The molecule has 0 aliphatic carbocycles. The lowest BCUT2D eigenvalue weighted by Gasteiger charge is -2.29. The van der Waals surface area contributed by atoms with Crippen molar-refractivity contribution in [1.29, 1.82) is 0 Å². The van der Waals surface area contributed by atoms with Crippen molar-refractivity contribution >= 4 is 56.2 Å². The predicted molar refractivity (Wildman–Crippen MR) is 138 cm³/mol. The lowest BCUT2D eigenvalue weighted by atomic mass is 9.86. The van der Waals surface area contributed by atoms with Crippen molar-refractivity contribution in [3.05, 3.63) is 97.7 Å². The first-order valence-corrected chi connectivity index (χ1v) is 13.8. The minimum Gasteiger partial charge on any atom is -0.374 e. The van der Waals surface area contributed by atoms with E-state index < -0.39 is 55.3 Å². The zero-order valence-electron chi connectivity index (χ0n) is 19.6. The van der Waals surface area contributed by atoms with Crippen LogP contribution >= 0.6 is 34.8 Å². The van der Waals surface area contributed by atoms with Crippen molar-refractivity contribution in [2.45, 2.75) is 30.0 Å². The minimum absolute atomic E-state index is 0.0479. The number of amides is 1. The van der Waals surface area contributed by atoms with Gasteiger partial charge in [-0.3, -0.25) is 4.79 Å². The zero-order valence-corrected chi connectivity index (χ0v) is 22.7. The number of carbonyl (C=O) groups excluding carboxylic acids is 1. The Morgan fingerprint density at radius 2 is 1.66 bits per heavy atom. The summed E-state index contributed by atoms with van der Waals surface area (Å²) in [5.74, 6) is -1.85. The summed E-state index contributed by atoms with van der Waals surface area (Å²) in [5.41, 5.74) is -2.67. The molecule has 2 unspecified atom stereocenters. The third kappa shape index (κ3) is 5.14. The largest absolute Gasteiger partial charge is 0.435 e. The van der Waals surface area contributed by atoms with Gasteiger partial charge >= 0.3 is 6.18 Å². The Balaban J connectivity index is 1.63. The summed E-state index contributed by atoms with van der Waals surface area (Å²) in [5, 5.41) is 2.64. The summed E-state index contributed by atoms with van der Waals surface area (Å²) in [6.07, 6.45) is -4.43. The zero-order chi connectivity index (χ0) is 28.0. The summed E-state index contributed by atoms with van der Waals surface area (Å²) in [6.45, 7) is 1.69. The number of hydrogen-bond donors (Lipinski definition) is 0. The molecule has 4 rings (SSSR count). The molecule has 38 heavy (non-hydrogen) atoms. The number of rotatable bonds is 4. The number of oxime groups is 1. The Morgan fingerprint density at radius 1 is 1.05 bits per heavy atom. The van der Waals surface area contributed by atoms with Crippen LogP contribution in [0, 0.1) is 12.7 Å². The molecule has 0 bridgehead atoms. The second-order valence-electron chi connectivity index (χ2n) is 8.55.